The summed E-state index contributed by atoms with van der Waals surface area (Å²) < 4.78 is 70.2. The number of aromatic nitrogens is 2. The first-order chi connectivity index (χ1) is 13.7. The van der Waals surface area contributed by atoms with E-state index < -0.39 is 21.8 Å². The number of nitrogens with zero attached hydrogens (tertiary/aromatic N) is 2. The molecule has 0 radical (unpaired) electrons. The highest BCUT2D eigenvalue weighted by atomic mass is 32.2. The summed E-state index contributed by atoms with van der Waals surface area (Å²) in [6, 6.07) is 5.20. The number of halogens is 3. The Labute approximate surface area is 167 Å². The molecule has 0 spiro atoms. The van der Waals surface area contributed by atoms with Gasteiger partial charge in [0, 0.05) is 18.2 Å². The van der Waals surface area contributed by atoms with Crippen molar-refractivity contribution in [1.29, 1.82) is 0 Å². The summed E-state index contributed by atoms with van der Waals surface area (Å²) in [6.07, 6.45) is -1.32. The maximum atomic E-state index is 13.2. The molecule has 1 aromatic heterocycles. The summed E-state index contributed by atoms with van der Waals surface area (Å²) in [5, 5.41) is 6.75. The van der Waals surface area contributed by atoms with Gasteiger partial charge >= 0.3 is 12.2 Å². The third-order valence-electron chi connectivity index (χ3n) is 5.05. The van der Waals surface area contributed by atoms with Gasteiger partial charge in [-0.05, 0) is 44.6 Å². The van der Waals surface area contributed by atoms with Crippen LogP contribution in [0, 0.1) is 5.92 Å². The van der Waals surface area contributed by atoms with Gasteiger partial charge < -0.3 is 9.84 Å². The lowest BCUT2D eigenvalue weighted by Gasteiger charge is -2.28. The monoisotopic (exact) mass is 432 g/mol. The Bertz CT molecular complexity index is 922. The number of sulfonamides is 1. The van der Waals surface area contributed by atoms with Crippen molar-refractivity contribution in [3.63, 3.8) is 0 Å². The molecule has 0 amide bonds. The van der Waals surface area contributed by atoms with Crippen LogP contribution in [0.2, 0.25) is 0 Å². The topological polar surface area (TPSA) is 97.1 Å². The molecule has 3 rings (SSSR count). The van der Waals surface area contributed by atoms with Crippen LogP contribution in [-0.2, 0) is 16.2 Å². The van der Waals surface area contributed by atoms with Crippen LogP contribution in [0.5, 0.6) is 0 Å². The van der Waals surface area contributed by atoms with Gasteiger partial charge in [0.05, 0.1) is 11.3 Å². The number of benzene rings is 1. The fourth-order valence-corrected chi connectivity index (χ4v) is 4.04. The fraction of sp³-hybridized carbons (Fsp3) is 0.556. The maximum absolute atomic E-state index is 13.2. The molecule has 0 unspecified atom stereocenters. The molecule has 2 aromatic rings. The number of hydrogen-bond donors (Lipinski definition) is 2. The Morgan fingerprint density at radius 1 is 1.17 bits per heavy atom. The fourth-order valence-electron chi connectivity index (χ4n) is 3.35. The van der Waals surface area contributed by atoms with Crippen LogP contribution >= 0.6 is 0 Å². The van der Waals surface area contributed by atoms with E-state index in [2.05, 4.69) is 20.2 Å². The summed E-state index contributed by atoms with van der Waals surface area (Å²) in [4.78, 5) is 4.07. The van der Waals surface area contributed by atoms with Crippen LogP contribution in [-0.4, -0.2) is 36.9 Å². The van der Waals surface area contributed by atoms with Crippen molar-refractivity contribution in [3.8, 4) is 11.4 Å². The van der Waals surface area contributed by atoms with Crippen molar-refractivity contribution in [1.82, 2.24) is 14.9 Å². The average Bonchev–Trinajstić information content (AvgIpc) is 3.15. The van der Waals surface area contributed by atoms with E-state index in [0.717, 1.165) is 31.7 Å². The predicted octanol–water partition coefficient (Wildman–Crippen LogP) is 3.67. The third kappa shape index (κ3) is 5.69. The van der Waals surface area contributed by atoms with Crippen molar-refractivity contribution in [2.75, 3.05) is 17.6 Å². The summed E-state index contributed by atoms with van der Waals surface area (Å²) in [7, 11) is -3.20. The largest absolute Gasteiger partial charge is 0.417 e. The van der Waals surface area contributed by atoms with Crippen LogP contribution in [0.3, 0.4) is 0 Å². The molecule has 11 heteroatoms. The Morgan fingerprint density at radius 2 is 1.86 bits per heavy atom. The molecular formula is C18H23F3N4O3S. The minimum absolute atomic E-state index is 0.0418. The average molecular weight is 432 g/mol. The molecule has 160 valence electrons. The molecule has 0 atom stereocenters. The molecule has 7 nitrogen and oxygen atoms in total. The quantitative estimate of drug-likeness (QED) is 0.693. The van der Waals surface area contributed by atoms with Crippen LogP contribution < -0.4 is 10.0 Å². The molecule has 2 N–H and O–H groups in total. The lowest BCUT2D eigenvalue weighted by molar-refractivity contribution is -0.137. The molecule has 0 saturated heterocycles. The summed E-state index contributed by atoms with van der Waals surface area (Å²) >= 11 is 0. The number of rotatable bonds is 7. The summed E-state index contributed by atoms with van der Waals surface area (Å²) in [5.41, 5.74) is -0.953. The zero-order valence-electron chi connectivity index (χ0n) is 15.9. The Hall–Kier alpha value is -2.14. The standard InChI is InChI=1S/C18H23F3N4O3S/c1-2-29(26,27)22-11-12-7-9-13(10-8-12)23-17-24-16(25-28-17)14-5-3-4-6-15(14)18(19,20)21/h3-6,12-13,22H,2,7-11H2,1H3,(H,23,24,25)/t12-,13-. The van der Waals surface area contributed by atoms with Crippen molar-refractivity contribution < 1.29 is 26.1 Å². The van der Waals surface area contributed by atoms with Crippen LogP contribution in [0.1, 0.15) is 38.2 Å². The first-order valence-electron chi connectivity index (χ1n) is 9.42. The van der Waals surface area contributed by atoms with E-state index >= 15 is 0 Å². The van der Waals surface area contributed by atoms with E-state index in [9.17, 15) is 21.6 Å². The molecule has 1 aromatic carbocycles. The Morgan fingerprint density at radius 3 is 2.52 bits per heavy atom. The van der Waals surface area contributed by atoms with Crippen molar-refractivity contribution in [2.24, 2.45) is 5.92 Å². The van der Waals surface area contributed by atoms with Gasteiger partial charge in [-0.15, -0.1) is 0 Å². The van der Waals surface area contributed by atoms with Gasteiger partial charge in [-0.2, -0.15) is 18.2 Å². The van der Waals surface area contributed by atoms with E-state index in [4.69, 9.17) is 4.52 Å². The highest BCUT2D eigenvalue weighted by Gasteiger charge is 2.34. The van der Waals surface area contributed by atoms with Crippen LogP contribution in [0.15, 0.2) is 28.8 Å². The van der Waals surface area contributed by atoms with Crippen molar-refractivity contribution >= 4 is 16.0 Å². The minimum Gasteiger partial charge on any atom is -0.335 e. The van der Waals surface area contributed by atoms with Crippen molar-refractivity contribution in [3.05, 3.63) is 29.8 Å². The van der Waals surface area contributed by atoms with Gasteiger partial charge in [0.15, 0.2) is 0 Å². The van der Waals surface area contributed by atoms with Gasteiger partial charge in [0.25, 0.3) is 0 Å². The first kappa shape index (κ1) is 21.6. The molecule has 1 aliphatic carbocycles. The second kappa shape index (κ2) is 8.70. The number of hydrogen-bond acceptors (Lipinski definition) is 6. The molecule has 1 heterocycles. The Balaban J connectivity index is 1.57. The summed E-state index contributed by atoms with van der Waals surface area (Å²) in [5.74, 6) is 0.190. The third-order valence-corrected chi connectivity index (χ3v) is 6.41. The molecule has 1 aliphatic rings. The second-order valence-electron chi connectivity index (χ2n) is 7.08. The molecule has 29 heavy (non-hydrogen) atoms. The van der Waals surface area contributed by atoms with E-state index in [0.29, 0.717) is 6.54 Å². The lowest BCUT2D eigenvalue weighted by Crippen LogP contribution is -2.34. The first-order valence-corrected chi connectivity index (χ1v) is 11.1. The van der Waals surface area contributed by atoms with E-state index in [-0.39, 0.29) is 35.1 Å². The highest BCUT2D eigenvalue weighted by molar-refractivity contribution is 7.89. The molecule has 0 bridgehead atoms. The van der Waals surface area contributed by atoms with Gasteiger partial charge in [-0.25, -0.2) is 13.1 Å². The normalized spacial score (nSPS) is 20.6. The smallest absolute Gasteiger partial charge is 0.335 e. The highest BCUT2D eigenvalue weighted by Crippen LogP contribution is 2.36. The van der Waals surface area contributed by atoms with Gasteiger partial charge in [0.2, 0.25) is 15.8 Å². The molecule has 1 saturated carbocycles. The van der Waals surface area contributed by atoms with Crippen LogP contribution in [0.4, 0.5) is 19.2 Å². The minimum atomic E-state index is -4.51. The van der Waals surface area contributed by atoms with Gasteiger partial charge in [0.1, 0.15) is 0 Å². The van der Waals surface area contributed by atoms with E-state index in [1.54, 1.807) is 6.92 Å². The second-order valence-corrected chi connectivity index (χ2v) is 9.18. The number of nitrogens with one attached hydrogen (secondary N) is 2. The lowest BCUT2D eigenvalue weighted by atomic mass is 9.86. The number of alkyl halides is 3. The van der Waals surface area contributed by atoms with Crippen LogP contribution in [0.25, 0.3) is 11.4 Å². The zero-order valence-corrected chi connectivity index (χ0v) is 16.7. The molecule has 0 aliphatic heterocycles. The summed E-state index contributed by atoms with van der Waals surface area (Å²) in [6.45, 7) is 2.01. The van der Waals surface area contributed by atoms with E-state index in [1.165, 1.54) is 18.2 Å². The molecule has 1 fully saturated rings. The Kier molecular flexibility index (Phi) is 6.47. The number of anilines is 1. The SMILES string of the molecule is CCS(=O)(=O)NC[C@H]1CC[C@H](Nc2nc(-c3ccccc3C(F)(F)F)no2)CC1. The van der Waals surface area contributed by atoms with Gasteiger partial charge in [-0.3, -0.25) is 0 Å². The van der Waals surface area contributed by atoms with Gasteiger partial charge in [-0.1, -0.05) is 23.4 Å². The molecular weight excluding hydrogens is 409 g/mol. The zero-order chi connectivity index (χ0) is 21.1. The maximum Gasteiger partial charge on any atom is 0.417 e. The van der Waals surface area contributed by atoms with Crippen molar-refractivity contribution in [2.45, 2.75) is 44.8 Å². The van der Waals surface area contributed by atoms with E-state index in [1.807, 2.05) is 0 Å². The predicted molar refractivity (Wildman–Crippen MR) is 102 cm³/mol.